The van der Waals surface area contributed by atoms with Crippen LogP contribution in [0.1, 0.15) is 21.5 Å². The molecule has 0 radical (unpaired) electrons. The average molecular weight is 219 g/mol. The molecule has 0 aliphatic carbocycles. The summed E-state index contributed by atoms with van der Waals surface area (Å²) in [4.78, 5) is 20.8. The molecular formula is C11H6FNO3. The Balaban J connectivity index is 3.33. The van der Waals surface area contributed by atoms with Crippen LogP contribution in [0.4, 0.5) is 4.39 Å². The molecule has 4 nitrogen and oxygen atoms in total. The fraction of sp³-hybridized carbons (Fsp3) is 0. The number of nitrogens with zero attached hydrogens (tertiary/aromatic N) is 1. The first-order chi connectivity index (χ1) is 7.58. The molecule has 1 aromatic carbocycles. The Bertz CT molecular complexity index is 515. The van der Waals surface area contributed by atoms with Gasteiger partial charge in [0.2, 0.25) is 0 Å². The van der Waals surface area contributed by atoms with Crippen LogP contribution in [0.3, 0.4) is 0 Å². The number of carboxylic acid groups (broad SMARTS) is 1. The zero-order valence-corrected chi connectivity index (χ0v) is 7.98. The molecule has 0 aliphatic rings. The number of aliphatic carboxylic acids is 1. The molecule has 1 N–H and O–H groups in total. The van der Waals surface area contributed by atoms with Crippen molar-refractivity contribution >= 4 is 18.3 Å². The van der Waals surface area contributed by atoms with Crippen molar-refractivity contribution in [2.45, 2.75) is 0 Å². The highest BCUT2D eigenvalue weighted by Gasteiger charge is 2.08. The number of halogens is 1. The molecule has 1 aromatic rings. The van der Waals surface area contributed by atoms with Crippen LogP contribution in [-0.2, 0) is 4.79 Å². The molecule has 5 heteroatoms. The average Bonchev–Trinajstić information content (AvgIpc) is 2.27. The number of carboxylic acids is 1. The monoisotopic (exact) mass is 219 g/mol. The van der Waals surface area contributed by atoms with Gasteiger partial charge in [-0.15, -0.1) is 0 Å². The van der Waals surface area contributed by atoms with Crippen LogP contribution < -0.4 is 0 Å². The predicted molar refractivity (Wildman–Crippen MR) is 53.2 cm³/mol. The molecule has 0 aliphatic heterocycles. The van der Waals surface area contributed by atoms with Crippen molar-refractivity contribution in [3.8, 4) is 6.07 Å². The first-order valence-electron chi connectivity index (χ1n) is 4.18. The van der Waals surface area contributed by atoms with E-state index in [0.717, 1.165) is 18.2 Å². The van der Waals surface area contributed by atoms with E-state index in [1.54, 1.807) is 6.07 Å². The number of carbonyl (C=O) groups is 2. The maximum absolute atomic E-state index is 13.5. The summed E-state index contributed by atoms with van der Waals surface area (Å²) in [6, 6.07) is 3.85. The highest BCUT2D eigenvalue weighted by Crippen LogP contribution is 2.16. The molecule has 0 saturated carbocycles. The van der Waals surface area contributed by atoms with Gasteiger partial charge < -0.3 is 5.11 Å². The molecule has 0 aromatic heterocycles. The third kappa shape index (κ3) is 2.51. The van der Waals surface area contributed by atoms with Gasteiger partial charge in [0.1, 0.15) is 18.2 Å². The van der Waals surface area contributed by atoms with Crippen LogP contribution in [0.25, 0.3) is 6.08 Å². The van der Waals surface area contributed by atoms with E-state index in [1.807, 2.05) is 0 Å². The Morgan fingerprint density at radius 2 is 2.19 bits per heavy atom. The lowest BCUT2D eigenvalue weighted by atomic mass is 10.1. The smallest absolute Gasteiger partial charge is 0.328 e. The highest BCUT2D eigenvalue weighted by atomic mass is 19.1. The van der Waals surface area contributed by atoms with Crippen LogP contribution in [0.5, 0.6) is 0 Å². The van der Waals surface area contributed by atoms with Gasteiger partial charge >= 0.3 is 5.97 Å². The Labute approximate surface area is 90.2 Å². The summed E-state index contributed by atoms with van der Waals surface area (Å²) in [6.45, 7) is 0. The molecule has 80 valence electrons. The minimum Gasteiger partial charge on any atom is -0.478 e. The Morgan fingerprint density at radius 3 is 2.69 bits per heavy atom. The van der Waals surface area contributed by atoms with E-state index in [2.05, 4.69) is 0 Å². The molecule has 0 saturated heterocycles. The molecule has 0 heterocycles. The lowest BCUT2D eigenvalue weighted by molar-refractivity contribution is -0.131. The number of hydrogen-bond donors (Lipinski definition) is 1. The summed E-state index contributed by atoms with van der Waals surface area (Å²) in [7, 11) is 0. The summed E-state index contributed by atoms with van der Waals surface area (Å²) in [6.07, 6.45) is 2.18. The van der Waals surface area contributed by atoms with Gasteiger partial charge in [0, 0.05) is 17.2 Å². The molecule has 0 atom stereocenters. The van der Waals surface area contributed by atoms with E-state index in [0.29, 0.717) is 6.29 Å². The fourth-order valence-corrected chi connectivity index (χ4v) is 1.10. The molecule has 0 spiro atoms. The van der Waals surface area contributed by atoms with Gasteiger partial charge in [-0.3, -0.25) is 4.79 Å². The Kier molecular flexibility index (Phi) is 3.51. The minimum absolute atomic E-state index is 0.108. The molecular weight excluding hydrogens is 213 g/mol. The van der Waals surface area contributed by atoms with Crippen LogP contribution in [0, 0.1) is 17.1 Å². The van der Waals surface area contributed by atoms with E-state index in [9.17, 15) is 14.0 Å². The summed E-state index contributed by atoms with van der Waals surface area (Å²) in [5.41, 5.74) is -0.291. The zero-order valence-electron chi connectivity index (χ0n) is 7.98. The van der Waals surface area contributed by atoms with Crippen LogP contribution in [-0.4, -0.2) is 17.4 Å². The third-order valence-electron chi connectivity index (χ3n) is 1.79. The molecule has 0 amide bonds. The van der Waals surface area contributed by atoms with E-state index in [1.165, 1.54) is 6.07 Å². The fourth-order valence-electron chi connectivity index (χ4n) is 1.10. The number of carbonyl (C=O) groups excluding carboxylic acids is 1. The standard InChI is InChI=1S/C11H6FNO3/c12-11-8(1-2-10(15)16)3-7(6-14)4-9(11)5-13/h1-4,6H,(H,15,16)/b2-1+. The van der Waals surface area contributed by atoms with Crippen LogP contribution in [0.15, 0.2) is 18.2 Å². The summed E-state index contributed by atoms with van der Waals surface area (Å²) >= 11 is 0. The first kappa shape index (κ1) is 11.6. The van der Waals surface area contributed by atoms with Crippen LogP contribution >= 0.6 is 0 Å². The molecule has 0 bridgehead atoms. The molecule has 0 unspecified atom stereocenters. The van der Waals surface area contributed by atoms with Gasteiger partial charge in [0.15, 0.2) is 0 Å². The topological polar surface area (TPSA) is 78.2 Å². The summed E-state index contributed by atoms with van der Waals surface area (Å²) in [5.74, 6) is -2.08. The second-order valence-corrected chi connectivity index (χ2v) is 2.87. The van der Waals surface area contributed by atoms with Crippen molar-refractivity contribution < 1.29 is 19.1 Å². The Hall–Kier alpha value is -2.48. The second kappa shape index (κ2) is 4.84. The molecule has 0 fully saturated rings. The van der Waals surface area contributed by atoms with Crippen molar-refractivity contribution in [3.63, 3.8) is 0 Å². The number of benzene rings is 1. The van der Waals surface area contributed by atoms with Gasteiger partial charge in [-0.05, 0) is 18.2 Å². The second-order valence-electron chi connectivity index (χ2n) is 2.87. The minimum atomic E-state index is -1.24. The van der Waals surface area contributed by atoms with Crippen molar-refractivity contribution in [1.82, 2.24) is 0 Å². The van der Waals surface area contributed by atoms with E-state index in [4.69, 9.17) is 10.4 Å². The highest BCUT2D eigenvalue weighted by molar-refractivity contribution is 5.86. The Morgan fingerprint density at radius 1 is 1.50 bits per heavy atom. The predicted octanol–water partition coefficient (Wildman–Crippen LogP) is 1.61. The van der Waals surface area contributed by atoms with Crippen molar-refractivity contribution in [2.24, 2.45) is 0 Å². The van der Waals surface area contributed by atoms with Gasteiger partial charge in [0.25, 0.3) is 0 Å². The van der Waals surface area contributed by atoms with Crippen LogP contribution in [0.2, 0.25) is 0 Å². The van der Waals surface area contributed by atoms with Crippen molar-refractivity contribution in [1.29, 1.82) is 5.26 Å². The maximum Gasteiger partial charge on any atom is 0.328 e. The number of aldehydes is 1. The SMILES string of the molecule is N#Cc1cc(C=O)cc(/C=C/C(=O)O)c1F. The van der Waals surface area contributed by atoms with E-state index < -0.39 is 11.8 Å². The number of rotatable bonds is 3. The summed E-state index contributed by atoms with van der Waals surface area (Å²) in [5, 5.41) is 17.0. The quantitative estimate of drug-likeness (QED) is 0.618. The third-order valence-corrected chi connectivity index (χ3v) is 1.79. The lowest BCUT2D eigenvalue weighted by Gasteiger charge is -2.00. The van der Waals surface area contributed by atoms with Crippen molar-refractivity contribution in [3.05, 3.63) is 40.7 Å². The van der Waals surface area contributed by atoms with Gasteiger partial charge in [0.05, 0.1) is 5.56 Å². The number of nitriles is 1. The largest absolute Gasteiger partial charge is 0.478 e. The van der Waals surface area contributed by atoms with Gasteiger partial charge in [-0.25, -0.2) is 9.18 Å². The van der Waals surface area contributed by atoms with E-state index in [-0.39, 0.29) is 16.7 Å². The zero-order chi connectivity index (χ0) is 12.1. The maximum atomic E-state index is 13.5. The van der Waals surface area contributed by atoms with E-state index >= 15 is 0 Å². The molecule has 1 rings (SSSR count). The normalized spacial score (nSPS) is 10.0. The first-order valence-corrected chi connectivity index (χ1v) is 4.18. The van der Waals surface area contributed by atoms with Gasteiger partial charge in [-0.2, -0.15) is 5.26 Å². The van der Waals surface area contributed by atoms with Gasteiger partial charge in [-0.1, -0.05) is 0 Å². The lowest BCUT2D eigenvalue weighted by Crippen LogP contribution is -1.94. The number of hydrogen-bond acceptors (Lipinski definition) is 3. The molecule has 16 heavy (non-hydrogen) atoms. The summed E-state index contributed by atoms with van der Waals surface area (Å²) < 4.78 is 13.5. The van der Waals surface area contributed by atoms with Crippen molar-refractivity contribution in [2.75, 3.05) is 0 Å².